The Morgan fingerprint density at radius 1 is 1.24 bits per heavy atom. The topological polar surface area (TPSA) is 79.1 Å². The van der Waals surface area contributed by atoms with Gasteiger partial charge in [-0.25, -0.2) is 4.98 Å². The zero-order chi connectivity index (χ0) is 20.2. The van der Waals surface area contributed by atoms with Crippen molar-refractivity contribution in [2.45, 2.75) is 19.8 Å². The molecule has 0 N–H and O–H groups in total. The molecule has 4 rings (SSSR count). The van der Waals surface area contributed by atoms with Crippen molar-refractivity contribution in [3.63, 3.8) is 0 Å². The number of nitrogens with zero attached hydrogens (tertiary/aromatic N) is 4. The van der Waals surface area contributed by atoms with Gasteiger partial charge in [-0.3, -0.25) is 9.78 Å². The highest BCUT2D eigenvalue weighted by Gasteiger charge is 2.27. The Hall–Kier alpha value is -3.46. The molecule has 2 aromatic heterocycles. The van der Waals surface area contributed by atoms with Crippen LogP contribution in [0, 0.1) is 17.2 Å². The number of carbonyl (C=O) groups is 1. The van der Waals surface area contributed by atoms with Gasteiger partial charge in [-0.05, 0) is 44.0 Å². The van der Waals surface area contributed by atoms with E-state index in [0.717, 1.165) is 53.9 Å². The highest BCUT2D eigenvalue weighted by atomic mass is 16.5. The van der Waals surface area contributed by atoms with E-state index in [1.165, 1.54) is 0 Å². The van der Waals surface area contributed by atoms with Gasteiger partial charge < -0.3 is 9.64 Å². The Morgan fingerprint density at radius 3 is 2.83 bits per heavy atom. The molecule has 1 aromatic carbocycles. The largest absolute Gasteiger partial charge is 0.466 e. The molecule has 6 heteroatoms. The van der Waals surface area contributed by atoms with E-state index in [2.05, 4.69) is 16.0 Å². The summed E-state index contributed by atoms with van der Waals surface area (Å²) in [5.41, 5.74) is 3.04. The summed E-state index contributed by atoms with van der Waals surface area (Å²) in [6.45, 7) is 3.76. The first kappa shape index (κ1) is 18.9. The normalized spacial score (nSPS) is 14.6. The minimum atomic E-state index is -0.100. The van der Waals surface area contributed by atoms with Crippen LogP contribution in [0.2, 0.25) is 0 Å². The molecule has 0 unspecified atom stereocenters. The summed E-state index contributed by atoms with van der Waals surface area (Å²) >= 11 is 0. The Morgan fingerprint density at radius 2 is 2.07 bits per heavy atom. The zero-order valence-electron chi connectivity index (χ0n) is 16.3. The first-order valence-corrected chi connectivity index (χ1v) is 9.87. The Balaban J connectivity index is 1.68. The molecular formula is C23H22N4O2. The molecule has 0 spiro atoms. The van der Waals surface area contributed by atoms with Crippen LogP contribution in [-0.4, -0.2) is 35.6 Å². The minimum absolute atomic E-state index is 0.0416. The minimum Gasteiger partial charge on any atom is -0.466 e. The van der Waals surface area contributed by atoms with E-state index in [4.69, 9.17) is 9.72 Å². The second kappa shape index (κ2) is 8.27. The number of piperidine rings is 1. The molecule has 146 valence electrons. The van der Waals surface area contributed by atoms with Crippen LogP contribution in [0.4, 0.5) is 5.82 Å². The zero-order valence-corrected chi connectivity index (χ0v) is 16.3. The van der Waals surface area contributed by atoms with Crippen LogP contribution < -0.4 is 4.90 Å². The number of anilines is 1. The molecule has 1 aliphatic heterocycles. The second-order valence-electron chi connectivity index (χ2n) is 7.11. The quantitative estimate of drug-likeness (QED) is 0.632. The van der Waals surface area contributed by atoms with Gasteiger partial charge in [0.05, 0.1) is 35.4 Å². The van der Waals surface area contributed by atoms with Gasteiger partial charge in [0.1, 0.15) is 5.82 Å². The summed E-state index contributed by atoms with van der Waals surface area (Å²) in [7, 11) is 0. The van der Waals surface area contributed by atoms with Gasteiger partial charge >= 0.3 is 5.97 Å². The van der Waals surface area contributed by atoms with Crippen LogP contribution in [0.15, 0.2) is 48.7 Å². The van der Waals surface area contributed by atoms with Crippen molar-refractivity contribution in [3.8, 4) is 17.3 Å². The van der Waals surface area contributed by atoms with Crippen molar-refractivity contribution in [3.05, 3.63) is 54.2 Å². The summed E-state index contributed by atoms with van der Waals surface area (Å²) in [6, 6.07) is 15.6. The number of rotatable bonds is 4. The molecule has 1 fully saturated rings. The molecule has 0 bridgehead atoms. The molecule has 0 aliphatic carbocycles. The lowest BCUT2D eigenvalue weighted by atomic mass is 9.97. The van der Waals surface area contributed by atoms with Gasteiger partial charge in [0.15, 0.2) is 0 Å². The molecule has 1 aliphatic rings. The highest BCUT2D eigenvalue weighted by Crippen LogP contribution is 2.31. The van der Waals surface area contributed by atoms with Gasteiger partial charge in [-0.15, -0.1) is 0 Å². The van der Waals surface area contributed by atoms with Crippen LogP contribution in [0.25, 0.3) is 22.2 Å². The molecule has 3 heterocycles. The van der Waals surface area contributed by atoms with E-state index in [0.29, 0.717) is 12.2 Å². The van der Waals surface area contributed by atoms with Crippen LogP contribution in [0.3, 0.4) is 0 Å². The van der Waals surface area contributed by atoms with Gasteiger partial charge in [0.25, 0.3) is 0 Å². The summed E-state index contributed by atoms with van der Waals surface area (Å²) < 4.78 is 5.17. The third-order valence-electron chi connectivity index (χ3n) is 5.28. The predicted octanol–water partition coefficient (Wildman–Crippen LogP) is 3.95. The van der Waals surface area contributed by atoms with E-state index >= 15 is 0 Å². The van der Waals surface area contributed by atoms with E-state index in [1.54, 1.807) is 12.3 Å². The summed E-state index contributed by atoms with van der Waals surface area (Å²) in [5, 5.41) is 10.3. The lowest BCUT2D eigenvalue weighted by Crippen LogP contribution is -2.37. The SMILES string of the molecule is CCOC(=O)C1CCN(c2cc3cccnc3c(-c3cccc(C#N)c3)n2)CC1. The summed E-state index contributed by atoms with van der Waals surface area (Å²) in [6.07, 6.45) is 3.27. The van der Waals surface area contributed by atoms with E-state index in [9.17, 15) is 10.1 Å². The molecule has 0 saturated carbocycles. The number of esters is 1. The van der Waals surface area contributed by atoms with Crippen molar-refractivity contribution in [1.29, 1.82) is 5.26 Å². The number of aromatic nitrogens is 2. The monoisotopic (exact) mass is 386 g/mol. The fourth-order valence-electron chi connectivity index (χ4n) is 3.77. The predicted molar refractivity (Wildman–Crippen MR) is 111 cm³/mol. The Bertz CT molecular complexity index is 1080. The molecule has 29 heavy (non-hydrogen) atoms. The third kappa shape index (κ3) is 3.90. The highest BCUT2D eigenvalue weighted by molar-refractivity contribution is 5.93. The molecule has 6 nitrogen and oxygen atoms in total. The van der Waals surface area contributed by atoms with Gasteiger partial charge in [0, 0.05) is 30.2 Å². The number of pyridine rings is 2. The Labute approximate surface area is 169 Å². The number of benzene rings is 1. The molecule has 0 radical (unpaired) electrons. The summed E-state index contributed by atoms with van der Waals surface area (Å²) in [5.74, 6) is 0.724. The van der Waals surface area contributed by atoms with Crippen LogP contribution in [0.1, 0.15) is 25.3 Å². The number of hydrogen-bond donors (Lipinski definition) is 0. The van der Waals surface area contributed by atoms with E-state index in [-0.39, 0.29) is 11.9 Å². The van der Waals surface area contributed by atoms with Crippen molar-refractivity contribution in [1.82, 2.24) is 9.97 Å². The number of fused-ring (bicyclic) bond motifs is 1. The molecule has 1 saturated heterocycles. The van der Waals surface area contributed by atoms with E-state index < -0.39 is 0 Å². The maximum absolute atomic E-state index is 12.0. The first-order chi connectivity index (χ1) is 14.2. The summed E-state index contributed by atoms with van der Waals surface area (Å²) in [4.78, 5) is 23.7. The number of carbonyl (C=O) groups excluding carboxylic acids is 1. The molecular weight excluding hydrogens is 364 g/mol. The van der Waals surface area contributed by atoms with E-state index in [1.807, 2.05) is 43.3 Å². The maximum Gasteiger partial charge on any atom is 0.309 e. The van der Waals surface area contributed by atoms with Crippen molar-refractivity contribution >= 4 is 22.7 Å². The van der Waals surface area contributed by atoms with Crippen molar-refractivity contribution in [2.24, 2.45) is 5.92 Å². The van der Waals surface area contributed by atoms with Crippen molar-refractivity contribution < 1.29 is 9.53 Å². The Kier molecular flexibility index (Phi) is 5.39. The standard InChI is InChI=1S/C23H22N4O2/c1-2-29-23(28)17-8-11-27(12-9-17)20-14-19-7-4-10-25-21(19)22(26-20)18-6-3-5-16(13-18)15-24/h3-7,10,13-14,17H,2,8-9,11-12H2,1H3. The second-order valence-corrected chi connectivity index (χ2v) is 7.11. The lowest BCUT2D eigenvalue weighted by Gasteiger charge is -2.32. The number of nitriles is 1. The van der Waals surface area contributed by atoms with Gasteiger partial charge in [0.2, 0.25) is 0 Å². The molecule has 0 amide bonds. The average molecular weight is 386 g/mol. The lowest BCUT2D eigenvalue weighted by molar-refractivity contribution is -0.148. The maximum atomic E-state index is 12.0. The fraction of sp³-hybridized carbons (Fsp3) is 0.304. The average Bonchev–Trinajstić information content (AvgIpc) is 2.78. The fourth-order valence-corrected chi connectivity index (χ4v) is 3.77. The smallest absolute Gasteiger partial charge is 0.309 e. The van der Waals surface area contributed by atoms with Gasteiger partial charge in [-0.1, -0.05) is 18.2 Å². The number of hydrogen-bond acceptors (Lipinski definition) is 6. The van der Waals surface area contributed by atoms with Crippen LogP contribution >= 0.6 is 0 Å². The van der Waals surface area contributed by atoms with Gasteiger partial charge in [-0.2, -0.15) is 5.26 Å². The molecule has 3 aromatic rings. The molecule has 0 atom stereocenters. The van der Waals surface area contributed by atoms with Crippen molar-refractivity contribution in [2.75, 3.05) is 24.6 Å². The third-order valence-corrected chi connectivity index (χ3v) is 5.28. The van der Waals surface area contributed by atoms with Crippen LogP contribution in [0.5, 0.6) is 0 Å². The first-order valence-electron chi connectivity index (χ1n) is 9.87. The van der Waals surface area contributed by atoms with Crippen LogP contribution in [-0.2, 0) is 9.53 Å². The number of ether oxygens (including phenoxy) is 1.